The molecule has 25 heavy (non-hydrogen) atoms. The number of thiocarbonyl (C=S) groups is 1. The van der Waals surface area contributed by atoms with E-state index in [0.717, 1.165) is 13.2 Å². The topological polar surface area (TPSA) is 71.0 Å². The van der Waals surface area contributed by atoms with Gasteiger partial charge in [-0.1, -0.05) is 12.2 Å². The third-order valence-electron chi connectivity index (χ3n) is 3.96. The maximum absolute atomic E-state index is 13.3. The monoisotopic (exact) mass is 378 g/mol. The van der Waals surface area contributed by atoms with Crippen molar-refractivity contribution in [3.8, 4) is 11.5 Å². The SMILES string of the molecule is COc1cc(C(=S)N2CCCC2C(=O)NO)cc(C(F)(F)F)c1OC. The highest BCUT2D eigenvalue weighted by atomic mass is 32.1. The number of nitrogens with one attached hydrogen (secondary N) is 1. The Morgan fingerprint density at radius 3 is 2.56 bits per heavy atom. The van der Waals surface area contributed by atoms with Gasteiger partial charge in [0.15, 0.2) is 11.5 Å². The van der Waals surface area contributed by atoms with Gasteiger partial charge in [-0.25, -0.2) is 5.48 Å². The zero-order chi connectivity index (χ0) is 18.8. The van der Waals surface area contributed by atoms with Crippen LogP contribution in [-0.4, -0.2) is 47.8 Å². The Hall–Kier alpha value is -2.07. The second-order valence-corrected chi connectivity index (χ2v) is 5.78. The number of benzene rings is 1. The molecule has 6 nitrogen and oxygen atoms in total. The first-order valence-corrected chi connectivity index (χ1v) is 7.73. The number of carbonyl (C=O) groups is 1. The maximum atomic E-state index is 13.3. The van der Waals surface area contributed by atoms with Crippen molar-refractivity contribution in [2.75, 3.05) is 20.8 Å². The smallest absolute Gasteiger partial charge is 0.420 e. The number of methoxy groups -OCH3 is 2. The van der Waals surface area contributed by atoms with Crippen molar-refractivity contribution in [2.24, 2.45) is 0 Å². The fourth-order valence-corrected chi connectivity index (χ4v) is 3.16. The largest absolute Gasteiger partial charge is 0.493 e. The number of rotatable bonds is 4. The highest BCUT2D eigenvalue weighted by Crippen LogP contribution is 2.42. The maximum Gasteiger partial charge on any atom is 0.420 e. The molecule has 0 saturated carbocycles. The van der Waals surface area contributed by atoms with Crippen molar-refractivity contribution >= 4 is 23.1 Å². The average Bonchev–Trinajstić information content (AvgIpc) is 3.07. The Balaban J connectivity index is 2.48. The molecule has 1 atom stereocenters. The number of halogens is 3. The van der Waals surface area contributed by atoms with Crippen LogP contribution in [-0.2, 0) is 11.0 Å². The van der Waals surface area contributed by atoms with Gasteiger partial charge in [0.1, 0.15) is 16.6 Å². The van der Waals surface area contributed by atoms with Gasteiger partial charge in [-0.2, -0.15) is 13.2 Å². The molecule has 0 bridgehead atoms. The van der Waals surface area contributed by atoms with Crippen LogP contribution in [0.2, 0.25) is 0 Å². The van der Waals surface area contributed by atoms with E-state index in [9.17, 15) is 18.0 Å². The van der Waals surface area contributed by atoms with E-state index in [1.807, 2.05) is 0 Å². The molecule has 1 aliphatic rings. The van der Waals surface area contributed by atoms with Crippen molar-refractivity contribution in [3.05, 3.63) is 23.3 Å². The third kappa shape index (κ3) is 3.79. The van der Waals surface area contributed by atoms with E-state index in [2.05, 4.69) is 0 Å². The quantitative estimate of drug-likeness (QED) is 0.476. The molecule has 2 N–H and O–H groups in total. The normalized spacial score (nSPS) is 17.4. The molecule has 138 valence electrons. The molecular weight excluding hydrogens is 361 g/mol. The number of hydrogen-bond acceptors (Lipinski definition) is 5. The van der Waals surface area contributed by atoms with Crippen molar-refractivity contribution in [2.45, 2.75) is 25.1 Å². The molecule has 1 amide bonds. The van der Waals surface area contributed by atoms with Crippen molar-refractivity contribution in [3.63, 3.8) is 0 Å². The summed E-state index contributed by atoms with van der Waals surface area (Å²) in [7, 11) is 2.34. The minimum absolute atomic E-state index is 0.0672. The predicted molar refractivity (Wildman–Crippen MR) is 85.9 cm³/mol. The third-order valence-corrected chi connectivity index (χ3v) is 4.43. The molecule has 1 fully saturated rings. The Morgan fingerprint density at radius 1 is 1.36 bits per heavy atom. The lowest BCUT2D eigenvalue weighted by molar-refractivity contribution is -0.139. The van der Waals surface area contributed by atoms with Crippen LogP contribution in [0.5, 0.6) is 11.5 Å². The molecule has 10 heteroatoms. The lowest BCUT2D eigenvalue weighted by atomic mass is 10.1. The van der Waals surface area contributed by atoms with Gasteiger partial charge in [0.25, 0.3) is 5.91 Å². The van der Waals surface area contributed by atoms with E-state index in [4.69, 9.17) is 26.9 Å². The Morgan fingerprint density at radius 2 is 2.04 bits per heavy atom. The first-order valence-electron chi connectivity index (χ1n) is 7.32. The summed E-state index contributed by atoms with van der Waals surface area (Å²) < 4.78 is 49.9. The van der Waals surface area contributed by atoms with Crippen LogP contribution >= 0.6 is 12.2 Å². The number of ether oxygens (including phenoxy) is 2. The first kappa shape index (κ1) is 19.3. The van der Waals surface area contributed by atoms with Gasteiger partial charge in [0.05, 0.1) is 14.2 Å². The van der Waals surface area contributed by atoms with E-state index in [0.29, 0.717) is 19.4 Å². The van der Waals surface area contributed by atoms with Crippen LogP contribution in [0.4, 0.5) is 13.2 Å². The van der Waals surface area contributed by atoms with Gasteiger partial charge in [0.2, 0.25) is 0 Å². The lowest BCUT2D eigenvalue weighted by Gasteiger charge is -2.26. The highest BCUT2D eigenvalue weighted by Gasteiger charge is 2.38. The number of nitrogens with zero attached hydrogens (tertiary/aromatic N) is 1. The van der Waals surface area contributed by atoms with Crippen LogP contribution in [0.1, 0.15) is 24.0 Å². The molecular formula is C15H17F3N2O4S. The minimum atomic E-state index is -4.67. The highest BCUT2D eigenvalue weighted by molar-refractivity contribution is 7.80. The van der Waals surface area contributed by atoms with Crippen molar-refractivity contribution in [1.82, 2.24) is 10.4 Å². The van der Waals surface area contributed by atoms with Crippen LogP contribution in [0, 0.1) is 0 Å². The van der Waals surface area contributed by atoms with Crippen molar-refractivity contribution in [1.29, 1.82) is 0 Å². The zero-order valence-electron chi connectivity index (χ0n) is 13.5. The second-order valence-electron chi connectivity index (χ2n) is 5.39. The van der Waals surface area contributed by atoms with E-state index >= 15 is 0 Å². The number of likely N-dealkylation sites (tertiary alicyclic amines) is 1. The first-order chi connectivity index (χ1) is 11.7. The summed E-state index contributed by atoms with van der Waals surface area (Å²) in [4.78, 5) is 13.3. The number of hydrogen-bond donors (Lipinski definition) is 2. The standard InChI is InChI=1S/C15H17F3N2O4S/c1-23-11-7-8(6-9(12(11)24-2)15(16,17)18)14(25)20-5-3-4-10(20)13(21)19-22/h6-7,10,22H,3-5H2,1-2H3,(H,19,21). The molecule has 1 heterocycles. The minimum Gasteiger partial charge on any atom is -0.493 e. The van der Waals surface area contributed by atoms with E-state index in [1.54, 1.807) is 5.48 Å². The van der Waals surface area contributed by atoms with Gasteiger partial charge >= 0.3 is 6.18 Å². The lowest BCUT2D eigenvalue weighted by Crippen LogP contribution is -2.44. The molecule has 1 aromatic carbocycles. The summed E-state index contributed by atoms with van der Waals surface area (Å²) in [6, 6.07) is 1.47. The Bertz CT molecular complexity index is 681. The summed E-state index contributed by atoms with van der Waals surface area (Å²) in [5, 5.41) is 8.81. The van der Waals surface area contributed by atoms with Crippen LogP contribution in [0.3, 0.4) is 0 Å². The second kappa shape index (κ2) is 7.44. The number of alkyl halides is 3. The average molecular weight is 378 g/mol. The summed E-state index contributed by atoms with van der Waals surface area (Å²) in [5.74, 6) is -1.21. The molecule has 1 aliphatic heterocycles. The molecule has 1 aromatic rings. The summed E-state index contributed by atoms with van der Waals surface area (Å²) in [6.07, 6.45) is -3.61. The number of carbonyl (C=O) groups excluding carboxylic acids is 1. The summed E-state index contributed by atoms with van der Waals surface area (Å²) in [6.45, 7) is 0.395. The molecule has 0 radical (unpaired) electrons. The van der Waals surface area contributed by atoms with E-state index in [-0.39, 0.29) is 16.3 Å². The molecule has 0 spiro atoms. The van der Waals surface area contributed by atoms with Gasteiger partial charge in [-0.15, -0.1) is 0 Å². The van der Waals surface area contributed by atoms with Gasteiger partial charge < -0.3 is 14.4 Å². The Labute approximate surface area is 147 Å². The fraction of sp³-hybridized carbons (Fsp3) is 0.467. The molecule has 2 rings (SSSR count). The van der Waals surface area contributed by atoms with E-state index < -0.39 is 29.4 Å². The zero-order valence-corrected chi connectivity index (χ0v) is 14.3. The van der Waals surface area contributed by atoms with E-state index in [1.165, 1.54) is 18.1 Å². The molecule has 1 unspecified atom stereocenters. The summed E-state index contributed by atoms with van der Waals surface area (Å²) >= 11 is 5.29. The molecule has 0 aromatic heterocycles. The number of amides is 1. The van der Waals surface area contributed by atoms with Crippen molar-refractivity contribution < 1.29 is 32.6 Å². The Kier molecular flexibility index (Phi) is 5.73. The predicted octanol–water partition coefficient (Wildman–Crippen LogP) is 2.37. The van der Waals surface area contributed by atoms with Crippen LogP contribution < -0.4 is 15.0 Å². The van der Waals surface area contributed by atoms with Gasteiger partial charge in [-0.3, -0.25) is 10.0 Å². The summed E-state index contributed by atoms with van der Waals surface area (Å²) in [5.41, 5.74) is 0.616. The van der Waals surface area contributed by atoms with Gasteiger partial charge in [0, 0.05) is 12.1 Å². The fourth-order valence-electron chi connectivity index (χ4n) is 2.82. The van der Waals surface area contributed by atoms with Gasteiger partial charge in [-0.05, 0) is 25.0 Å². The molecule has 0 aliphatic carbocycles. The number of hydroxylamine groups is 1. The molecule has 1 saturated heterocycles. The van der Waals surface area contributed by atoms with Crippen LogP contribution in [0.25, 0.3) is 0 Å². The van der Waals surface area contributed by atoms with Crippen LogP contribution in [0.15, 0.2) is 12.1 Å².